The molecule has 0 bridgehead atoms. The van der Waals surface area contributed by atoms with Crippen LogP contribution >= 0.6 is 0 Å². The minimum absolute atomic E-state index is 0.0104. The summed E-state index contributed by atoms with van der Waals surface area (Å²) in [6, 6.07) is 9.03. The molecule has 1 aliphatic rings. The molecule has 0 unspecified atom stereocenters. The van der Waals surface area contributed by atoms with Crippen molar-refractivity contribution in [3.05, 3.63) is 47.5 Å². The first-order valence-corrected chi connectivity index (χ1v) is 7.35. The van der Waals surface area contributed by atoms with E-state index in [1.54, 1.807) is 18.2 Å². The maximum atomic E-state index is 10.4. The number of rotatable bonds is 4. The smallest absolute Gasteiger partial charge is 0.300 e. The molecule has 0 amide bonds. The maximum Gasteiger partial charge on any atom is 0.300 e. The molecule has 4 N–H and O–H groups in total. The first-order valence-electron chi connectivity index (χ1n) is 7.35. The van der Waals surface area contributed by atoms with Crippen LogP contribution in [0.1, 0.15) is 11.1 Å². The second-order valence-corrected chi connectivity index (χ2v) is 5.40. The summed E-state index contributed by atoms with van der Waals surface area (Å²) in [5, 5.41) is 38.7. The topological polar surface area (TPSA) is 109 Å². The third-order valence-corrected chi connectivity index (χ3v) is 3.91. The quantitative estimate of drug-likeness (QED) is 0.623. The second-order valence-electron chi connectivity index (χ2n) is 5.40. The number of hydrogen-bond donors (Lipinski definition) is 4. The van der Waals surface area contributed by atoms with Crippen molar-refractivity contribution in [2.45, 2.75) is 18.5 Å². The Morgan fingerprint density at radius 3 is 2.54 bits per heavy atom. The molecule has 24 heavy (non-hydrogen) atoms. The molecule has 128 valence electrons. The highest BCUT2D eigenvalue weighted by Gasteiger charge is 2.49. The van der Waals surface area contributed by atoms with Crippen LogP contribution in [0.2, 0.25) is 0 Å². The second kappa shape index (κ2) is 6.20. The molecule has 3 rings (SSSR count). The van der Waals surface area contributed by atoms with E-state index < -0.39 is 12.1 Å². The number of methoxy groups -OCH3 is 1. The van der Waals surface area contributed by atoms with Crippen molar-refractivity contribution in [3.63, 3.8) is 0 Å². The van der Waals surface area contributed by atoms with Crippen molar-refractivity contribution >= 4 is 0 Å². The number of phenols is 2. The molecule has 1 heterocycles. The lowest BCUT2D eigenvalue weighted by atomic mass is 10.0. The largest absolute Gasteiger partial charge is 0.504 e. The summed E-state index contributed by atoms with van der Waals surface area (Å²) in [7, 11) is 1.33. The van der Waals surface area contributed by atoms with E-state index in [0.717, 1.165) is 5.56 Å². The van der Waals surface area contributed by atoms with Gasteiger partial charge in [-0.05, 0) is 42.3 Å². The van der Waals surface area contributed by atoms with Crippen LogP contribution in [0.5, 0.6) is 23.0 Å². The van der Waals surface area contributed by atoms with E-state index in [9.17, 15) is 15.3 Å². The van der Waals surface area contributed by atoms with Crippen LogP contribution in [0.25, 0.3) is 0 Å². The first kappa shape index (κ1) is 16.4. The average molecular weight is 334 g/mol. The maximum absolute atomic E-state index is 10.4. The highest BCUT2D eigenvalue weighted by molar-refractivity contribution is 5.47. The van der Waals surface area contributed by atoms with Crippen molar-refractivity contribution in [2.24, 2.45) is 0 Å². The van der Waals surface area contributed by atoms with Gasteiger partial charge in [0, 0.05) is 19.3 Å². The Kier molecular flexibility index (Phi) is 4.23. The van der Waals surface area contributed by atoms with Crippen LogP contribution in [0.15, 0.2) is 36.4 Å². The van der Waals surface area contributed by atoms with Gasteiger partial charge in [-0.3, -0.25) is 0 Å². The van der Waals surface area contributed by atoms with Crippen molar-refractivity contribution in [1.82, 2.24) is 0 Å². The molecule has 2 atom stereocenters. The van der Waals surface area contributed by atoms with Gasteiger partial charge in [0.15, 0.2) is 23.0 Å². The van der Waals surface area contributed by atoms with E-state index in [-0.39, 0.29) is 23.7 Å². The van der Waals surface area contributed by atoms with Crippen molar-refractivity contribution in [2.75, 3.05) is 13.7 Å². The molecule has 1 aliphatic heterocycles. The fourth-order valence-corrected chi connectivity index (χ4v) is 2.63. The number of aliphatic hydroxyl groups is 2. The Morgan fingerprint density at radius 2 is 1.88 bits per heavy atom. The Bertz CT molecular complexity index is 746. The predicted octanol–water partition coefficient (Wildman–Crippen LogP) is 1.22. The number of hydrogen-bond acceptors (Lipinski definition) is 7. The zero-order valence-corrected chi connectivity index (χ0v) is 13.0. The van der Waals surface area contributed by atoms with Crippen LogP contribution < -0.4 is 9.47 Å². The van der Waals surface area contributed by atoms with Crippen LogP contribution in [0.3, 0.4) is 0 Å². The molecule has 7 heteroatoms. The summed E-state index contributed by atoms with van der Waals surface area (Å²) in [6.07, 6.45) is -1.05. The molecule has 0 saturated carbocycles. The number of ether oxygens (including phenoxy) is 3. The van der Waals surface area contributed by atoms with Gasteiger partial charge in [-0.2, -0.15) is 0 Å². The van der Waals surface area contributed by atoms with Gasteiger partial charge in [0.25, 0.3) is 6.29 Å². The van der Waals surface area contributed by atoms with Gasteiger partial charge in [-0.1, -0.05) is 6.07 Å². The minimum Gasteiger partial charge on any atom is -0.504 e. The van der Waals surface area contributed by atoms with E-state index in [2.05, 4.69) is 0 Å². The Balaban J connectivity index is 2.05. The standard InChI is InChI=1S/C17H18O7/c1-22-17(11-3-4-12(19)13(20)9-11)16(21)23-14-5-2-10(6-7-18)8-15(14)24-17/h2-5,8-9,16,18-21H,6-7H2,1H3/t16-,17-/m0/s1. The summed E-state index contributed by atoms with van der Waals surface area (Å²) in [4.78, 5) is 0. The molecule has 0 fully saturated rings. The Hall–Kier alpha value is -2.48. The lowest BCUT2D eigenvalue weighted by molar-refractivity contribution is -0.299. The number of fused-ring (bicyclic) bond motifs is 1. The van der Waals surface area contributed by atoms with E-state index in [1.807, 2.05) is 0 Å². The normalized spacial score (nSPS) is 22.4. The molecular weight excluding hydrogens is 316 g/mol. The SMILES string of the molecule is CO[C@@]1(c2ccc(O)c(O)c2)Oc2cc(CCO)ccc2O[C@@H]1O. The molecule has 2 aromatic rings. The third kappa shape index (κ3) is 2.62. The van der Waals surface area contributed by atoms with E-state index in [1.165, 1.54) is 25.3 Å². The van der Waals surface area contributed by atoms with E-state index in [4.69, 9.17) is 19.3 Å². The monoisotopic (exact) mass is 334 g/mol. The number of aromatic hydroxyl groups is 2. The zero-order valence-electron chi connectivity index (χ0n) is 13.0. The summed E-state index contributed by atoms with van der Waals surface area (Å²) in [5.41, 5.74) is 1.10. The van der Waals surface area contributed by atoms with Gasteiger partial charge >= 0.3 is 5.79 Å². The molecular formula is C17H18O7. The van der Waals surface area contributed by atoms with Crippen LogP contribution in [0, 0.1) is 0 Å². The lowest BCUT2D eigenvalue weighted by Gasteiger charge is -2.40. The van der Waals surface area contributed by atoms with Gasteiger partial charge in [-0.25, -0.2) is 0 Å². The van der Waals surface area contributed by atoms with E-state index in [0.29, 0.717) is 17.9 Å². The highest BCUT2D eigenvalue weighted by Crippen LogP contribution is 2.44. The lowest BCUT2D eigenvalue weighted by Crippen LogP contribution is -2.51. The molecule has 0 radical (unpaired) electrons. The van der Waals surface area contributed by atoms with Crippen molar-refractivity contribution < 1.29 is 34.6 Å². The molecule has 2 aromatic carbocycles. The molecule has 0 aliphatic carbocycles. The van der Waals surface area contributed by atoms with Gasteiger partial charge in [-0.15, -0.1) is 0 Å². The Morgan fingerprint density at radius 1 is 1.08 bits per heavy atom. The Labute approximate surface area is 138 Å². The number of aliphatic hydroxyl groups excluding tert-OH is 2. The van der Waals surface area contributed by atoms with Crippen molar-refractivity contribution in [1.29, 1.82) is 0 Å². The van der Waals surface area contributed by atoms with Gasteiger partial charge in [0.1, 0.15) is 0 Å². The molecule has 0 aromatic heterocycles. The molecule has 0 spiro atoms. The molecule has 0 saturated heterocycles. The summed E-state index contributed by atoms with van der Waals surface area (Å²) in [5.74, 6) is -1.72. The van der Waals surface area contributed by atoms with E-state index >= 15 is 0 Å². The predicted molar refractivity (Wildman–Crippen MR) is 83.0 cm³/mol. The molecule has 7 nitrogen and oxygen atoms in total. The van der Waals surface area contributed by atoms with Gasteiger partial charge in [0.05, 0.1) is 0 Å². The third-order valence-electron chi connectivity index (χ3n) is 3.91. The van der Waals surface area contributed by atoms with Crippen LogP contribution in [-0.4, -0.2) is 40.4 Å². The minimum atomic E-state index is -1.71. The fourth-order valence-electron chi connectivity index (χ4n) is 2.63. The van der Waals surface area contributed by atoms with Crippen LogP contribution in [0.4, 0.5) is 0 Å². The first-order chi connectivity index (χ1) is 11.5. The van der Waals surface area contributed by atoms with Gasteiger partial charge in [0.2, 0.25) is 0 Å². The summed E-state index contributed by atoms with van der Waals surface area (Å²) < 4.78 is 16.8. The fraction of sp³-hybridized carbons (Fsp3) is 0.294. The number of benzene rings is 2. The summed E-state index contributed by atoms with van der Waals surface area (Å²) >= 11 is 0. The highest BCUT2D eigenvalue weighted by atomic mass is 16.8. The zero-order chi connectivity index (χ0) is 17.3. The van der Waals surface area contributed by atoms with Crippen molar-refractivity contribution in [3.8, 4) is 23.0 Å². The summed E-state index contributed by atoms with van der Waals surface area (Å²) in [6.45, 7) is -0.0104. The number of phenolic OH excluding ortho intramolecular Hbond substituents is 2. The average Bonchev–Trinajstić information content (AvgIpc) is 2.57. The van der Waals surface area contributed by atoms with Crippen LogP contribution in [-0.2, 0) is 16.9 Å². The van der Waals surface area contributed by atoms with Gasteiger partial charge < -0.3 is 34.6 Å².